The van der Waals surface area contributed by atoms with E-state index in [0.717, 1.165) is 22.9 Å². The number of hydrogen-bond acceptors (Lipinski definition) is 4. The van der Waals surface area contributed by atoms with Crippen molar-refractivity contribution in [3.8, 4) is 5.75 Å². The van der Waals surface area contributed by atoms with Crippen molar-refractivity contribution in [2.45, 2.75) is 70.8 Å². The average molecular weight is 564 g/mol. The van der Waals surface area contributed by atoms with Crippen molar-refractivity contribution in [1.29, 1.82) is 0 Å². The number of piperidine rings is 1. The van der Waals surface area contributed by atoms with E-state index >= 15 is 0 Å². The van der Waals surface area contributed by atoms with Crippen molar-refractivity contribution in [2.24, 2.45) is 5.92 Å². The van der Waals surface area contributed by atoms with Crippen molar-refractivity contribution in [2.75, 3.05) is 19.7 Å². The van der Waals surface area contributed by atoms with Crippen LogP contribution in [0, 0.1) is 5.92 Å². The maximum absolute atomic E-state index is 13.1. The van der Waals surface area contributed by atoms with Gasteiger partial charge in [0, 0.05) is 23.1 Å². The van der Waals surface area contributed by atoms with E-state index in [4.69, 9.17) is 21.1 Å². The van der Waals surface area contributed by atoms with E-state index in [1.807, 2.05) is 53.7 Å². The molecule has 0 bridgehead atoms. The van der Waals surface area contributed by atoms with Gasteiger partial charge in [0.2, 0.25) is 0 Å². The van der Waals surface area contributed by atoms with Crippen LogP contribution in [0.2, 0.25) is 5.02 Å². The van der Waals surface area contributed by atoms with Crippen LogP contribution in [0.15, 0.2) is 29.3 Å². The van der Waals surface area contributed by atoms with Crippen molar-refractivity contribution < 1.29 is 18.5 Å². The molecule has 0 saturated carbocycles. The van der Waals surface area contributed by atoms with Crippen LogP contribution in [0.3, 0.4) is 0 Å². The summed E-state index contributed by atoms with van der Waals surface area (Å²) in [5.74, 6) is 0.780. The second kappa shape index (κ2) is 11.6. The molecule has 0 spiro atoms. The summed E-state index contributed by atoms with van der Waals surface area (Å²) < 4.78 is 28.2. The van der Waals surface area contributed by atoms with E-state index in [-0.39, 0.29) is 18.1 Å². The number of rotatable bonds is 7. The van der Waals surface area contributed by atoms with E-state index in [0.29, 0.717) is 30.5 Å². The van der Waals surface area contributed by atoms with Gasteiger partial charge in [0.15, 0.2) is 0 Å². The number of nitrogens with one attached hydrogen (secondary N) is 1. The predicted octanol–water partition coefficient (Wildman–Crippen LogP) is 6.41. The van der Waals surface area contributed by atoms with Crippen LogP contribution in [0.5, 0.6) is 5.75 Å². The van der Waals surface area contributed by atoms with Crippen LogP contribution in [0.1, 0.15) is 66.0 Å². The minimum Gasteiger partial charge on any atom is -0.489 e. The van der Waals surface area contributed by atoms with Gasteiger partial charge in [0.25, 0.3) is 0 Å². The van der Waals surface area contributed by atoms with Gasteiger partial charge >= 0.3 is 6.09 Å². The van der Waals surface area contributed by atoms with Crippen LogP contribution in [-0.4, -0.2) is 45.2 Å². The zero-order valence-electron chi connectivity index (χ0n) is 20.4. The Balaban J connectivity index is 2.33. The second-order valence-electron chi connectivity index (χ2n) is 10.2. The Morgan fingerprint density at radius 3 is 2.42 bits per heavy atom. The van der Waals surface area contributed by atoms with Gasteiger partial charge < -0.3 is 14.4 Å². The Bertz CT molecular complexity index is 874. The fourth-order valence-electron chi connectivity index (χ4n) is 3.51. The fraction of sp³-hybridized carbons (Fsp3) is 0.625. The Hall–Kier alpha value is -1.09. The second-order valence-corrected chi connectivity index (χ2v) is 13.4. The van der Waals surface area contributed by atoms with Crippen LogP contribution in [0.25, 0.3) is 0 Å². The highest BCUT2D eigenvalue weighted by atomic mass is 79.9. The number of amides is 1. The summed E-state index contributed by atoms with van der Waals surface area (Å²) in [5, 5.41) is 0.551. The molecule has 1 N–H and O–H groups in total. The molecule has 0 radical (unpaired) electrons. The summed E-state index contributed by atoms with van der Waals surface area (Å²) in [6.07, 6.45) is 2.84. The number of carbonyl (C=O) groups excluding carboxylic acids is 1. The molecule has 0 aromatic heterocycles. The van der Waals surface area contributed by atoms with Crippen LogP contribution in [0.4, 0.5) is 4.79 Å². The van der Waals surface area contributed by atoms with E-state index in [1.54, 1.807) is 11.0 Å². The maximum atomic E-state index is 13.1. The number of likely N-dealkylation sites (tertiary alicyclic amines) is 1. The lowest BCUT2D eigenvalue weighted by Gasteiger charge is -2.38. The van der Waals surface area contributed by atoms with Gasteiger partial charge in [-0.1, -0.05) is 24.3 Å². The molecule has 2 atom stereocenters. The first-order valence-corrected chi connectivity index (χ1v) is 13.4. The normalized spacial score (nSPS) is 17.4. The number of halogens is 2. The van der Waals surface area contributed by atoms with Crippen molar-refractivity contribution in [1.82, 2.24) is 9.62 Å². The van der Waals surface area contributed by atoms with Crippen LogP contribution in [-0.2, 0) is 15.7 Å². The average Bonchev–Trinajstić information content (AvgIpc) is 2.70. The van der Waals surface area contributed by atoms with Gasteiger partial charge in [0.05, 0.1) is 26.8 Å². The molecule has 1 aromatic rings. The number of carbonyl (C=O) groups is 1. The molecule has 33 heavy (non-hydrogen) atoms. The minimum atomic E-state index is -1.31. The lowest BCUT2D eigenvalue weighted by Crippen LogP contribution is -2.45. The standard InChI is InChI=1S/C24H36BrClN2O4S/c1-8-13-31-20-15-18(25)19(26)14-17(20)21(27-33(30)24(5,6)7)16-9-11-28(12-10-16)22(29)32-23(2,3)4/h8,14-16,21,27H,1,9-13H2,2-7H3/t21-,33+/m1/s1. The summed E-state index contributed by atoms with van der Waals surface area (Å²) in [7, 11) is -1.31. The van der Waals surface area contributed by atoms with E-state index < -0.39 is 21.3 Å². The first-order chi connectivity index (χ1) is 15.2. The predicted molar refractivity (Wildman–Crippen MR) is 139 cm³/mol. The van der Waals surface area contributed by atoms with Gasteiger partial charge in [-0.2, -0.15) is 0 Å². The van der Waals surface area contributed by atoms with Crippen LogP contribution < -0.4 is 9.46 Å². The summed E-state index contributed by atoms with van der Waals surface area (Å²) in [4.78, 5) is 14.3. The molecule has 1 fully saturated rings. The molecule has 1 aliphatic heterocycles. The number of benzene rings is 1. The highest BCUT2D eigenvalue weighted by molar-refractivity contribution is 9.10. The number of nitrogens with zero attached hydrogens (tertiary/aromatic N) is 1. The molecular formula is C24H36BrClN2O4S. The highest BCUT2D eigenvalue weighted by Crippen LogP contribution is 2.40. The quantitative estimate of drug-likeness (QED) is 0.389. The number of hydrogen-bond donors (Lipinski definition) is 1. The van der Waals surface area contributed by atoms with Crippen molar-refractivity contribution in [3.63, 3.8) is 0 Å². The summed E-state index contributed by atoms with van der Waals surface area (Å²) in [6.45, 7) is 16.6. The van der Waals surface area contributed by atoms with E-state index in [9.17, 15) is 9.00 Å². The minimum absolute atomic E-state index is 0.123. The van der Waals surface area contributed by atoms with Gasteiger partial charge in [-0.3, -0.25) is 0 Å². The molecule has 9 heteroatoms. The van der Waals surface area contributed by atoms with Gasteiger partial charge in [-0.25, -0.2) is 13.7 Å². The van der Waals surface area contributed by atoms with Crippen molar-refractivity contribution in [3.05, 3.63) is 39.8 Å². The van der Waals surface area contributed by atoms with E-state index in [2.05, 4.69) is 27.2 Å². The van der Waals surface area contributed by atoms with Gasteiger partial charge in [-0.05, 0) is 88.4 Å². The first-order valence-electron chi connectivity index (χ1n) is 11.1. The smallest absolute Gasteiger partial charge is 0.410 e. The molecule has 1 aromatic carbocycles. The fourth-order valence-corrected chi connectivity index (χ4v) is 4.91. The zero-order chi connectivity index (χ0) is 25.0. The third-order valence-electron chi connectivity index (χ3n) is 5.20. The molecule has 186 valence electrons. The molecule has 2 rings (SSSR count). The molecule has 0 unspecified atom stereocenters. The SMILES string of the molecule is C=CCOc1cc(Br)c(Cl)cc1[C@H](N[S@@](=O)C(C)(C)C)C1CCN(C(=O)OC(C)(C)C)CC1. The Morgan fingerprint density at radius 1 is 1.30 bits per heavy atom. The highest BCUT2D eigenvalue weighted by Gasteiger charge is 2.35. The Labute approximate surface area is 214 Å². The number of ether oxygens (including phenoxy) is 2. The topological polar surface area (TPSA) is 67.9 Å². The maximum Gasteiger partial charge on any atom is 0.410 e. The third-order valence-corrected chi connectivity index (χ3v) is 7.97. The van der Waals surface area contributed by atoms with Crippen molar-refractivity contribution >= 4 is 44.6 Å². The van der Waals surface area contributed by atoms with Gasteiger partial charge in [-0.15, -0.1) is 0 Å². The molecular weight excluding hydrogens is 528 g/mol. The van der Waals surface area contributed by atoms with Gasteiger partial charge in [0.1, 0.15) is 18.0 Å². The lowest BCUT2D eigenvalue weighted by atomic mass is 9.85. The Morgan fingerprint density at radius 2 is 1.91 bits per heavy atom. The van der Waals surface area contributed by atoms with E-state index in [1.165, 1.54) is 0 Å². The largest absolute Gasteiger partial charge is 0.489 e. The lowest BCUT2D eigenvalue weighted by molar-refractivity contribution is 0.0171. The van der Waals surface area contributed by atoms with Crippen LogP contribution >= 0.6 is 27.5 Å². The summed E-state index contributed by atoms with van der Waals surface area (Å²) in [5.41, 5.74) is 0.311. The molecule has 1 heterocycles. The first kappa shape index (κ1) is 28.1. The third kappa shape index (κ3) is 8.26. The molecule has 1 amide bonds. The molecule has 6 nitrogen and oxygen atoms in total. The molecule has 1 saturated heterocycles. The molecule has 1 aliphatic rings. The zero-order valence-corrected chi connectivity index (χ0v) is 23.5. The molecule has 0 aliphatic carbocycles. The monoisotopic (exact) mass is 562 g/mol. The summed E-state index contributed by atoms with van der Waals surface area (Å²) >= 11 is 9.93. The summed E-state index contributed by atoms with van der Waals surface area (Å²) in [6, 6.07) is 3.43. The Kier molecular flexibility index (Phi) is 9.86.